The first kappa shape index (κ1) is 15.7. The van der Waals surface area contributed by atoms with Crippen molar-refractivity contribution >= 4 is 18.3 Å². The van der Waals surface area contributed by atoms with Crippen molar-refractivity contribution in [1.82, 2.24) is 15.1 Å². The fourth-order valence-corrected chi connectivity index (χ4v) is 1.93. The van der Waals surface area contributed by atoms with Crippen molar-refractivity contribution in [3.05, 3.63) is 0 Å². The topological polar surface area (TPSA) is 35.6 Å². The van der Waals surface area contributed by atoms with Gasteiger partial charge in [-0.1, -0.05) is 0 Å². The largest absolute Gasteiger partial charge is 0.342 e. The van der Waals surface area contributed by atoms with Gasteiger partial charge < -0.3 is 10.2 Å². The maximum Gasteiger partial charge on any atom is 0.236 e. The standard InChI is InChI=1S/C11H23N3O.ClH/c1-3-14(4-2)11(15)10-13-8-5-6-12-7-9-13;/h12H,3-10H2,1-2H3;1H. The zero-order valence-corrected chi connectivity index (χ0v) is 11.2. The highest BCUT2D eigenvalue weighted by atomic mass is 35.5. The van der Waals surface area contributed by atoms with Crippen molar-refractivity contribution < 1.29 is 4.79 Å². The molecular formula is C11H24ClN3O. The molecule has 0 bridgehead atoms. The van der Waals surface area contributed by atoms with Crippen LogP contribution in [0, 0.1) is 0 Å². The number of amides is 1. The van der Waals surface area contributed by atoms with Gasteiger partial charge in [-0.3, -0.25) is 9.69 Å². The molecule has 0 aromatic carbocycles. The van der Waals surface area contributed by atoms with Crippen LogP contribution in [0.5, 0.6) is 0 Å². The molecule has 0 aliphatic carbocycles. The molecule has 0 aromatic heterocycles. The van der Waals surface area contributed by atoms with Crippen molar-refractivity contribution in [2.75, 3.05) is 45.8 Å². The number of nitrogens with zero attached hydrogens (tertiary/aromatic N) is 2. The number of nitrogens with one attached hydrogen (secondary N) is 1. The molecule has 1 rings (SSSR count). The van der Waals surface area contributed by atoms with E-state index in [1.165, 1.54) is 0 Å². The number of carbonyl (C=O) groups excluding carboxylic acids is 1. The van der Waals surface area contributed by atoms with E-state index in [-0.39, 0.29) is 18.3 Å². The van der Waals surface area contributed by atoms with E-state index in [4.69, 9.17) is 0 Å². The first-order chi connectivity index (χ1) is 7.27. The molecule has 16 heavy (non-hydrogen) atoms. The summed E-state index contributed by atoms with van der Waals surface area (Å²) in [6.07, 6.45) is 1.14. The van der Waals surface area contributed by atoms with Gasteiger partial charge in [-0.15, -0.1) is 12.4 Å². The Morgan fingerprint density at radius 3 is 2.56 bits per heavy atom. The molecule has 0 saturated carbocycles. The summed E-state index contributed by atoms with van der Waals surface area (Å²) in [5.74, 6) is 0.266. The monoisotopic (exact) mass is 249 g/mol. The molecule has 4 nitrogen and oxygen atoms in total. The van der Waals surface area contributed by atoms with Crippen LogP contribution < -0.4 is 5.32 Å². The first-order valence-corrected chi connectivity index (χ1v) is 5.98. The predicted molar refractivity (Wildman–Crippen MR) is 69.1 cm³/mol. The molecule has 0 atom stereocenters. The minimum atomic E-state index is 0. The third-order valence-electron chi connectivity index (χ3n) is 2.91. The van der Waals surface area contributed by atoms with E-state index in [0.717, 1.165) is 45.7 Å². The Hall–Kier alpha value is -0.320. The van der Waals surface area contributed by atoms with E-state index < -0.39 is 0 Å². The molecule has 1 saturated heterocycles. The normalized spacial score (nSPS) is 17.4. The quantitative estimate of drug-likeness (QED) is 0.792. The van der Waals surface area contributed by atoms with Crippen LogP contribution in [0.15, 0.2) is 0 Å². The highest BCUT2D eigenvalue weighted by molar-refractivity contribution is 5.85. The van der Waals surface area contributed by atoms with Crippen molar-refractivity contribution in [1.29, 1.82) is 0 Å². The summed E-state index contributed by atoms with van der Waals surface area (Å²) in [6, 6.07) is 0. The van der Waals surface area contributed by atoms with E-state index in [9.17, 15) is 4.79 Å². The number of rotatable bonds is 4. The summed E-state index contributed by atoms with van der Waals surface area (Å²) in [6.45, 7) is 10.4. The summed E-state index contributed by atoms with van der Waals surface area (Å²) >= 11 is 0. The first-order valence-electron chi connectivity index (χ1n) is 5.98. The van der Waals surface area contributed by atoms with E-state index in [1.807, 2.05) is 18.7 Å². The summed E-state index contributed by atoms with van der Waals surface area (Å²) in [4.78, 5) is 16.0. The molecular weight excluding hydrogens is 226 g/mol. The lowest BCUT2D eigenvalue weighted by molar-refractivity contribution is -0.132. The fraction of sp³-hybridized carbons (Fsp3) is 0.909. The molecule has 1 amide bonds. The summed E-state index contributed by atoms with van der Waals surface area (Å²) < 4.78 is 0. The minimum absolute atomic E-state index is 0. The van der Waals surface area contributed by atoms with Gasteiger partial charge in [-0.05, 0) is 33.4 Å². The predicted octanol–water partition coefficient (Wildman–Crippen LogP) is 0.572. The smallest absolute Gasteiger partial charge is 0.236 e. The number of carbonyl (C=O) groups is 1. The van der Waals surface area contributed by atoms with E-state index >= 15 is 0 Å². The SMILES string of the molecule is CCN(CC)C(=O)CN1CCCNCC1.Cl. The van der Waals surface area contributed by atoms with Gasteiger partial charge in [0.25, 0.3) is 0 Å². The summed E-state index contributed by atoms with van der Waals surface area (Å²) in [5.41, 5.74) is 0. The lowest BCUT2D eigenvalue weighted by Gasteiger charge is -2.24. The van der Waals surface area contributed by atoms with E-state index in [2.05, 4.69) is 10.2 Å². The highest BCUT2D eigenvalue weighted by Crippen LogP contribution is 1.98. The van der Waals surface area contributed by atoms with Gasteiger partial charge in [-0.25, -0.2) is 0 Å². The second-order valence-corrected chi connectivity index (χ2v) is 3.95. The molecule has 96 valence electrons. The van der Waals surface area contributed by atoms with Crippen LogP contribution in [0.2, 0.25) is 0 Å². The second-order valence-electron chi connectivity index (χ2n) is 3.95. The van der Waals surface area contributed by atoms with Crippen LogP contribution in [-0.2, 0) is 4.79 Å². The Kier molecular flexibility index (Phi) is 8.61. The van der Waals surface area contributed by atoms with Gasteiger partial charge in [0.15, 0.2) is 0 Å². The Morgan fingerprint density at radius 1 is 1.25 bits per heavy atom. The number of likely N-dealkylation sites (N-methyl/N-ethyl adjacent to an activating group) is 1. The number of hydrogen-bond acceptors (Lipinski definition) is 3. The molecule has 1 fully saturated rings. The molecule has 1 aliphatic heterocycles. The lowest BCUT2D eigenvalue weighted by atomic mass is 10.3. The average Bonchev–Trinajstić information content (AvgIpc) is 2.48. The Balaban J connectivity index is 0.00000225. The van der Waals surface area contributed by atoms with Crippen LogP contribution in [0.25, 0.3) is 0 Å². The van der Waals surface area contributed by atoms with Crippen LogP contribution in [-0.4, -0.2) is 61.5 Å². The molecule has 1 heterocycles. The molecule has 0 aromatic rings. The Bertz CT molecular complexity index is 190. The maximum absolute atomic E-state index is 11.8. The Labute approximate surface area is 105 Å². The second kappa shape index (κ2) is 8.79. The Morgan fingerprint density at radius 2 is 1.94 bits per heavy atom. The van der Waals surface area contributed by atoms with Gasteiger partial charge in [0.2, 0.25) is 5.91 Å². The van der Waals surface area contributed by atoms with Crippen LogP contribution in [0.4, 0.5) is 0 Å². The fourth-order valence-electron chi connectivity index (χ4n) is 1.93. The maximum atomic E-state index is 11.8. The van der Waals surface area contributed by atoms with E-state index in [0.29, 0.717) is 6.54 Å². The molecule has 5 heteroatoms. The third kappa shape index (κ3) is 5.14. The van der Waals surface area contributed by atoms with Crippen LogP contribution in [0.3, 0.4) is 0 Å². The number of halogens is 1. The molecule has 1 aliphatic rings. The van der Waals surface area contributed by atoms with Gasteiger partial charge in [-0.2, -0.15) is 0 Å². The molecule has 0 radical (unpaired) electrons. The van der Waals surface area contributed by atoms with Gasteiger partial charge in [0, 0.05) is 26.2 Å². The lowest BCUT2D eigenvalue weighted by Crippen LogP contribution is -2.41. The van der Waals surface area contributed by atoms with E-state index in [1.54, 1.807) is 0 Å². The van der Waals surface area contributed by atoms with Crippen molar-refractivity contribution in [2.24, 2.45) is 0 Å². The number of hydrogen-bond donors (Lipinski definition) is 1. The minimum Gasteiger partial charge on any atom is -0.342 e. The summed E-state index contributed by atoms with van der Waals surface area (Å²) in [7, 11) is 0. The molecule has 0 spiro atoms. The van der Waals surface area contributed by atoms with Crippen LogP contribution in [0.1, 0.15) is 20.3 Å². The molecule has 0 unspecified atom stereocenters. The zero-order valence-electron chi connectivity index (χ0n) is 10.4. The van der Waals surface area contributed by atoms with Gasteiger partial charge >= 0.3 is 0 Å². The van der Waals surface area contributed by atoms with Crippen molar-refractivity contribution in [2.45, 2.75) is 20.3 Å². The highest BCUT2D eigenvalue weighted by Gasteiger charge is 2.15. The average molecular weight is 250 g/mol. The third-order valence-corrected chi connectivity index (χ3v) is 2.91. The van der Waals surface area contributed by atoms with Crippen LogP contribution >= 0.6 is 12.4 Å². The summed E-state index contributed by atoms with van der Waals surface area (Å²) in [5, 5.41) is 3.34. The van der Waals surface area contributed by atoms with Crippen molar-refractivity contribution in [3.8, 4) is 0 Å². The zero-order chi connectivity index (χ0) is 11.1. The van der Waals surface area contributed by atoms with Gasteiger partial charge in [0.05, 0.1) is 6.54 Å². The van der Waals surface area contributed by atoms with Gasteiger partial charge in [0.1, 0.15) is 0 Å². The van der Waals surface area contributed by atoms with Crippen molar-refractivity contribution in [3.63, 3.8) is 0 Å². The molecule has 1 N–H and O–H groups in total.